The van der Waals surface area contributed by atoms with Crippen LogP contribution in [-0.2, 0) is 0 Å². The van der Waals surface area contributed by atoms with Crippen molar-refractivity contribution in [1.82, 2.24) is 5.32 Å². The number of hydrogen-bond donors (Lipinski definition) is 1. The van der Waals surface area contributed by atoms with Gasteiger partial charge in [-0.2, -0.15) is 5.26 Å². The third-order valence-corrected chi connectivity index (χ3v) is 1.65. The maximum absolute atomic E-state index is 12.5. The monoisotopic (exact) mass is 164 g/mol. The summed E-state index contributed by atoms with van der Waals surface area (Å²) in [6.07, 6.45) is 1.84. The molecule has 0 aliphatic carbocycles. The number of nitriles is 1. The average Bonchev–Trinajstić information content (AvgIpc) is 2.06. The summed E-state index contributed by atoms with van der Waals surface area (Å²) in [5.41, 5.74) is 0.901. The molecular weight excluding hydrogens is 155 g/mol. The minimum atomic E-state index is -0.261. The zero-order valence-electron chi connectivity index (χ0n) is 6.71. The predicted octanol–water partition coefficient (Wildman–Crippen LogP) is 1.96. The van der Waals surface area contributed by atoms with E-state index in [9.17, 15) is 4.39 Å². The second kappa shape index (κ2) is 3.72. The Hall–Kier alpha value is -1.56. The Kier molecular flexibility index (Phi) is 2.65. The van der Waals surface area contributed by atoms with E-state index in [0.717, 1.165) is 5.56 Å². The lowest BCUT2D eigenvalue weighted by atomic mass is 10.1. The molecule has 0 saturated carbocycles. The third kappa shape index (κ3) is 1.96. The van der Waals surface area contributed by atoms with Crippen LogP contribution >= 0.6 is 0 Å². The first-order valence-corrected chi connectivity index (χ1v) is 3.64. The van der Waals surface area contributed by atoms with E-state index in [1.54, 1.807) is 12.1 Å². The van der Waals surface area contributed by atoms with Crippen LogP contribution < -0.4 is 5.32 Å². The fourth-order valence-corrected chi connectivity index (χ4v) is 0.932. The van der Waals surface area contributed by atoms with Crippen LogP contribution in [0.15, 0.2) is 24.3 Å². The Labute approximate surface area is 70.6 Å². The van der Waals surface area contributed by atoms with Gasteiger partial charge in [-0.3, -0.25) is 0 Å². The van der Waals surface area contributed by atoms with Crippen LogP contribution in [0.25, 0.3) is 0 Å². The standard InChI is InChI=1S/C9H9FN2/c1-7(12-6-11)8-2-4-9(10)5-3-8/h2-5,7,12H,1H3/t7-/m1/s1. The highest BCUT2D eigenvalue weighted by atomic mass is 19.1. The van der Waals surface area contributed by atoms with Crippen molar-refractivity contribution in [3.8, 4) is 6.19 Å². The summed E-state index contributed by atoms with van der Waals surface area (Å²) in [5.74, 6) is -0.261. The van der Waals surface area contributed by atoms with Crippen molar-refractivity contribution in [3.63, 3.8) is 0 Å². The molecule has 0 unspecified atom stereocenters. The van der Waals surface area contributed by atoms with Crippen molar-refractivity contribution in [2.24, 2.45) is 0 Å². The molecule has 1 atom stereocenters. The van der Waals surface area contributed by atoms with Gasteiger partial charge in [0.2, 0.25) is 0 Å². The second-order valence-corrected chi connectivity index (χ2v) is 2.53. The molecule has 1 aromatic carbocycles. The number of hydrogen-bond acceptors (Lipinski definition) is 2. The molecule has 0 heterocycles. The molecule has 0 radical (unpaired) electrons. The normalized spacial score (nSPS) is 11.8. The molecule has 0 fully saturated rings. The van der Waals surface area contributed by atoms with Crippen LogP contribution in [-0.4, -0.2) is 0 Å². The Bertz CT molecular complexity index is 286. The number of halogens is 1. The first-order valence-electron chi connectivity index (χ1n) is 3.64. The molecule has 1 N–H and O–H groups in total. The lowest BCUT2D eigenvalue weighted by Crippen LogP contribution is -2.11. The Morgan fingerprint density at radius 1 is 1.42 bits per heavy atom. The van der Waals surface area contributed by atoms with Crippen LogP contribution in [0.1, 0.15) is 18.5 Å². The fourth-order valence-electron chi connectivity index (χ4n) is 0.932. The second-order valence-electron chi connectivity index (χ2n) is 2.53. The highest BCUT2D eigenvalue weighted by molar-refractivity contribution is 5.19. The van der Waals surface area contributed by atoms with Gasteiger partial charge < -0.3 is 5.32 Å². The van der Waals surface area contributed by atoms with Crippen molar-refractivity contribution in [3.05, 3.63) is 35.6 Å². The molecule has 62 valence electrons. The van der Waals surface area contributed by atoms with Gasteiger partial charge in [0.25, 0.3) is 0 Å². The summed E-state index contributed by atoms with van der Waals surface area (Å²) < 4.78 is 12.5. The molecule has 0 aromatic heterocycles. The number of nitrogens with zero attached hydrogens (tertiary/aromatic N) is 1. The van der Waals surface area contributed by atoms with Gasteiger partial charge in [-0.1, -0.05) is 12.1 Å². The van der Waals surface area contributed by atoms with Crippen molar-refractivity contribution < 1.29 is 4.39 Å². The van der Waals surface area contributed by atoms with Gasteiger partial charge in [0.1, 0.15) is 5.82 Å². The van der Waals surface area contributed by atoms with Gasteiger partial charge in [0, 0.05) is 0 Å². The summed E-state index contributed by atoms with van der Waals surface area (Å²) in [4.78, 5) is 0. The minimum absolute atomic E-state index is 0.0596. The molecule has 12 heavy (non-hydrogen) atoms. The molecule has 0 spiro atoms. The summed E-state index contributed by atoms with van der Waals surface area (Å²) in [7, 11) is 0. The van der Waals surface area contributed by atoms with E-state index < -0.39 is 0 Å². The SMILES string of the molecule is C[C@@H](NC#N)c1ccc(F)cc1. The molecule has 0 saturated heterocycles. The maximum Gasteiger partial charge on any atom is 0.177 e. The van der Waals surface area contributed by atoms with Crippen LogP contribution in [0, 0.1) is 17.3 Å². The first-order chi connectivity index (χ1) is 5.74. The van der Waals surface area contributed by atoms with Gasteiger partial charge in [0.05, 0.1) is 6.04 Å². The van der Waals surface area contributed by atoms with Gasteiger partial charge >= 0.3 is 0 Å². The molecule has 2 nitrogen and oxygen atoms in total. The molecule has 0 aliphatic heterocycles. The predicted molar refractivity (Wildman–Crippen MR) is 43.6 cm³/mol. The van der Waals surface area contributed by atoms with Gasteiger partial charge in [-0.25, -0.2) is 4.39 Å². The molecular formula is C9H9FN2. The third-order valence-electron chi connectivity index (χ3n) is 1.65. The van der Waals surface area contributed by atoms with E-state index >= 15 is 0 Å². The lowest BCUT2D eigenvalue weighted by molar-refractivity contribution is 0.623. The number of nitrogens with one attached hydrogen (secondary N) is 1. The first kappa shape index (κ1) is 8.54. The highest BCUT2D eigenvalue weighted by Crippen LogP contribution is 2.11. The Morgan fingerprint density at radius 2 is 2.00 bits per heavy atom. The largest absolute Gasteiger partial charge is 0.317 e. The Balaban J connectivity index is 2.76. The summed E-state index contributed by atoms with van der Waals surface area (Å²) in [6.45, 7) is 1.84. The number of benzene rings is 1. The summed E-state index contributed by atoms with van der Waals surface area (Å²) in [5, 5.41) is 10.9. The Morgan fingerprint density at radius 3 is 2.50 bits per heavy atom. The van der Waals surface area contributed by atoms with Crippen LogP contribution in [0.2, 0.25) is 0 Å². The maximum atomic E-state index is 12.5. The molecule has 1 aromatic rings. The van der Waals surface area contributed by atoms with Crippen LogP contribution in [0.4, 0.5) is 4.39 Å². The van der Waals surface area contributed by atoms with E-state index in [2.05, 4.69) is 5.32 Å². The van der Waals surface area contributed by atoms with Crippen molar-refractivity contribution in [1.29, 1.82) is 5.26 Å². The van der Waals surface area contributed by atoms with E-state index in [0.29, 0.717) is 0 Å². The van der Waals surface area contributed by atoms with E-state index in [-0.39, 0.29) is 11.9 Å². The number of rotatable bonds is 2. The molecule has 0 aliphatic rings. The summed E-state index contributed by atoms with van der Waals surface area (Å²) >= 11 is 0. The fraction of sp³-hybridized carbons (Fsp3) is 0.222. The van der Waals surface area contributed by atoms with Gasteiger partial charge in [-0.15, -0.1) is 0 Å². The van der Waals surface area contributed by atoms with Crippen LogP contribution in [0.5, 0.6) is 0 Å². The topological polar surface area (TPSA) is 35.8 Å². The molecule has 3 heteroatoms. The minimum Gasteiger partial charge on any atom is -0.317 e. The van der Waals surface area contributed by atoms with Gasteiger partial charge in [-0.05, 0) is 24.6 Å². The van der Waals surface area contributed by atoms with E-state index in [4.69, 9.17) is 5.26 Å². The molecule has 0 amide bonds. The zero-order chi connectivity index (χ0) is 8.97. The van der Waals surface area contributed by atoms with Crippen molar-refractivity contribution in [2.45, 2.75) is 13.0 Å². The highest BCUT2D eigenvalue weighted by Gasteiger charge is 2.02. The van der Waals surface area contributed by atoms with E-state index in [1.165, 1.54) is 12.1 Å². The average molecular weight is 164 g/mol. The quantitative estimate of drug-likeness (QED) is 0.535. The van der Waals surface area contributed by atoms with Crippen LogP contribution in [0.3, 0.4) is 0 Å². The molecule has 0 bridgehead atoms. The summed E-state index contributed by atoms with van der Waals surface area (Å²) in [6, 6.07) is 6.01. The van der Waals surface area contributed by atoms with Crippen molar-refractivity contribution >= 4 is 0 Å². The van der Waals surface area contributed by atoms with Crippen molar-refractivity contribution in [2.75, 3.05) is 0 Å². The smallest absolute Gasteiger partial charge is 0.177 e. The van der Waals surface area contributed by atoms with Gasteiger partial charge in [0.15, 0.2) is 6.19 Å². The zero-order valence-corrected chi connectivity index (χ0v) is 6.71. The lowest BCUT2D eigenvalue weighted by Gasteiger charge is -2.08. The molecule has 1 rings (SSSR count). The van der Waals surface area contributed by atoms with E-state index in [1.807, 2.05) is 13.1 Å².